The minimum atomic E-state index is -0.518. The van der Waals surface area contributed by atoms with Gasteiger partial charge in [-0.1, -0.05) is 36.4 Å². The lowest BCUT2D eigenvalue weighted by molar-refractivity contribution is 0.0636. The number of amides is 1. The highest BCUT2D eigenvalue weighted by molar-refractivity contribution is 14.0. The molecule has 0 unspecified atom stereocenters. The quantitative estimate of drug-likeness (QED) is 0.250. The molecule has 0 aromatic heterocycles. The van der Waals surface area contributed by atoms with Gasteiger partial charge in [0, 0.05) is 32.9 Å². The summed E-state index contributed by atoms with van der Waals surface area (Å²) in [6.45, 7) is 7.57. The molecule has 0 aliphatic rings. The molecule has 0 aliphatic heterocycles. The number of nitrogens with one attached hydrogen (secondary N) is 3. The van der Waals surface area contributed by atoms with E-state index in [1.54, 1.807) is 14.2 Å². The molecule has 0 bridgehead atoms. The van der Waals surface area contributed by atoms with Gasteiger partial charge in [0.25, 0.3) is 0 Å². The van der Waals surface area contributed by atoms with Crippen LogP contribution in [0.25, 0.3) is 0 Å². The monoisotopic (exact) mass is 554 g/mol. The van der Waals surface area contributed by atoms with Gasteiger partial charge in [0.1, 0.15) is 5.60 Å². The topological polar surface area (TPSA) is 84.0 Å². The fourth-order valence-corrected chi connectivity index (χ4v) is 2.83. The van der Waals surface area contributed by atoms with Gasteiger partial charge in [-0.05, 0) is 56.0 Å². The molecule has 3 N–H and O–H groups in total. The van der Waals surface area contributed by atoms with Gasteiger partial charge in [0.15, 0.2) is 5.96 Å². The summed E-state index contributed by atoms with van der Waals surface area (Å²) in [6, 6.07) is 16.0. The Morgan fingerprint density at radius 2 is 1.53 bits per heavy atom. The number of nitrogens with zero attached hydrogens (tertiary/aromatic N) is 1. The van der Waals surface area contributed by atoms with Crippen molar-refractivity contribution in [2.75, 3.05) is 26.0 Å². The minimum Gasteiger partial charge on any atom is -0.444 e. The third-order valence-corrected chi connectivity index (χ3v) is 4.32. The predicted molar refractivity (Wildman–Crippen MR) is 141 cm³/mol. The lowest BCUT2D eigenvalue weighted by Gasteiger charge is -2.19. The second-order valence-electron chi connectivity index (χ2n) is 8.18. The van der Waals surface area contributed by atoms with Crippen LogP contribution in [0.2, 0.25) is 0 Å². The molecule has 0 atom stereocenters. The first kappa shape index (κ1) is 27.7. The molecule has 0 heterocycles. The Balaban J connectivity index is 0.00000512. The summed E-state index contributed by atoms with van der Waals surface area (Å²) >= 11 is 0. The van der Waals surface area contributed by atoms with Crippen molar-refractivity contribution in [3.8, 4) is 0 Å². The Morgan fingerprint density at radius 3 is 2.09 bits per heavy atom. The third kappa shape index (κ3) is 10.8. The van der Waals surface area contributed by atoms with Crippen molar-refractivity contribution in [3.63, 3.8) is 0 Å². The Labute approximate surface area is 208 Å². The summed E-state index contributed by atoms with van der Waals surface area (Å²) in [4.78, 5) is 16.1. The molecule has 0 spiro atoms. The van der Waals surface area contributed by atoms with E-state index in [1.165, 1.54) is 5.56 Å². The number of rotatable bonds is 8. The van der Waals surface area contributed by atoms with E-state index in [-0.39, 0.29) is 24.0 Å². The standard InChI is InChI=1S/C24H34N4O3.HI/c1-24(2,3)31-23(29)28-21-12-10-18(11-13-21)14-15-26-22(25-4)27-16-19-6-8-20(9-7-19)17-30-5;/h6-13H,14-17H2,1-5H3,(H,28,29)(H2,25,26,27);1H. The van der Waals surface area contributed by atoms with E-state index in [0.29, 0.717) is 18.8 Å². The van der Waals surface area contributed by atoms with Gasteiger partial charge in [0.2, 0.25) is 0 Å². The zero-order chi connectivity index (χ0) is 22.7. The van der Waals surface area contributed by atoms with Gasteiger partial charge in [-0.3, -0.25) is 10.3 Å². The van der Waals surface area contributed by atoms with Crippen LogP contribution in [-0.2, 0) is 29.0 Å². The number of hydrogen-bond donors (Lipinski definition) is 3. The molecule has 1 amide bonds. The van der Waals surface area contributed by atoms with E-state index >= 15 is 0 Å². The largest absolute Gasteiger partial charge is 0.444 e. The van der Waals surface area contributed by atoms with Crippen molar-refractivity contribution in [3.05, 3.63) is 65.2 Å². The number of carbonyl (C=O) groups is 1. The maximum absolute atomic E-state index is 11.8. The summed E-state index contributed by atoms with van der Waals surface area (Å²) in [6.07, 6.45) is 0.379. The molecule has 8 heteroatoms. The number of carbonyl (C=O) groups excluding carboxylic acids is 1. The lowest BCUT2D eigenvalue weighted by Crippen LogP contribution is -2.37. The molecule has 0 radical (unpaired) electrons. The first-order valence-electron chi connectivity index (χ1n) is 10.4. The molecule has 0 aliphatic carbocycles. The fourth-order valence-electron chi connectivity index (χ4n) is 2.83. The molecule has 0 saturated carbocycles. The van der Waals surface area contributed by atoms with E-state index in [9.17, 15) is 4.79 Å². The molecule has 2 aromatic carbocycles. The van der Waals surface area contributed by atoms with Crippen molar-refractivity contribution in [1.82, 2.24) is 10.6 Å². The number of benzene rings is 2. The Kier molecular flexibility index (Phi) is 12.1. The fraction of sp³-hybridized carbons (Fsp3) is 0.417. The number of guanidine groups is 1. The van der Waals surface area contributed by atoms with Crippen LogP contribution in [0.15, 0.2) is 53.5 Å². The number of halogens is 1. The predicted octanol–water partition coefficient (Wildman–Crippen LogP) is 4.71. The van der Waals surface area contributed by atoms with Crippen molar-refractivity contribution in [2.45, 2.75) is 45.9 Å². The van der Waals surface area contributed by atoms with Crippen molar-refractivity contribution in [1.29, 1.82) is 0 Å². The Hall–Kier alpha value is -2.33. The number of hydrogen-bond acceptors (Lipinski definition) is 4. The average Bonchev–Trinajstić information content (AvgIpc) is 2.71. The summed E-state index contributed by atoms with van der Waals surface area (Å²) in [7, 11) is 3.45. The molecule has 32 heavy (non-hydrogen) atoms. The maximum Gasteiger partial charge on any atom is 0.412 e. The first-order chi connectivity index (χ1) is 14.8. The van der Waals surface area contributed by atoms with E-state index < -0.39 is 11.7 Å². The Morgan fingerprint density at radius 1 is 0.938 bits per heavy atom. The molecule has 0 saturated heterocycles. The minimum absolute atomic E-state index is 0. The van der Waals surface area contributed by atoms with Crippen molar-refractivity contribution >= 4 is 41.7 Å². The number of methoxy groups -OCH3 is 1. The van der Waals surface area contributed by atoms with Crippen LogP contribution in [0.4, 0.5) is 10.5 Å². The Bertz CT molecular complexity index is 847. The summed E-state index contributed by atoms with van der Waals surface area (Å²) in [5.41, 5.74) is 3.68. The number of anilines is 1. The maximum atomic E-state index is 11.8. The summed E-state index contributed by atoms with van der Waals surface area (Å²) in [5.74, 6) is 0.754. The van der Waals surface area contributed by atoms with Crippen molar-refractivity contribution < 1.29 is 14.3 Å². The van der Waals surface area contributed by atoms with Crippen LogP contribution < -0.4 is 16.0 Å². The van der Waals surface area contributed by atoms with Crippen molar-refractivity contribution in [2.24, 2.45) is 4.99 Å². The van der Waals surface area contributed by atoms with E-state index in [4.69, 9.17) is 9.47 Å². The van der Waals surface area contributed by atoms with Gasteiger partial charge in [0.05, 0.1) is 6.61 Å². The van der Waals surface area contributed by atoms with Crippen LogP contribution in [0.5, 0.6) is 0 Å². The van der Waals surface area contributed by atoms with E-state index in [0.717, 1.165) is 30.1 Å². The molecular formula is C24H35IN4O3. The van der Waals surface area contributed by atoms with Crippen LogP contribution in [0, 0.1) is 0 Å². The normalized spacial score (nSPS) is 11.3. The molecule has 176 valence electrons. The number of ether oxygens (including phenoxy) is 2. The SMILES string of the molecule is CN=C(NCCc1ccc(NC(=O)OC(C)(C)C)cc1)NCc1ccc(COC)cc1.I. The van der Waals surface area contributed by atoms with Gasteiger partial charge in [-0.25, -0.2) is 4.79 Å². The van der Waals surface area contributed by atoms with Gasteiger partial charge < -0.3 is 20.1 Å². The van der Waals surface area contributed by atoms with Gasteiger partial charge in [-0.2, -0.15) is 0 Å². The van der Waals surface area contributed by atoms with Gasteiger partial charge in [-0.15, -0.1) is 24.0 Å². The van der Waals surface area contributed by atoms with Crippen LogP contribution in [0.3, 0.4) is 0 Å². The summed E-state index contributed by atoms with van der Waals surface area (Å²) < 4.78 is 10.4. The zero-order valence-corrected chi connectivity index (χ0v) is 21.9. The lowest BCUT2D eigenvalue weighted by atomic mass is 10.1. The average molecular weight is 554 g/mol. The first-order valence-corrected chi connectivity index (χ1v) is 10.4. The number of aliphatic imine (C=N–C) groups is 1. The van der Waals surface area contributed by atoms with Gasteiger partial charge >= 0.3 is 6.09 Å². The highest BCUT2D eigenvalue weighted by Gasteiger charge is 2.16. The zero-order valence-electron chi connectivity index (χ0n) is 19.5. The highest BCUT2D eigenvalue weighted by atomic mass is 127. The highest BCUT2D eigenvalue weighted by Crippen LogP contribution is 2.13. The molecule has 0 fully saturated rings. The van der Waals surface area contributed by atoms with Crippen LogP contribution in [-0.4, -0.2) is 38.4 Å². The van der Waals surface area contributed by atoms with Crippen LogP contribution in [0.1, 0.15) is 37.5 Å². The van der Waals surface area contributed by atoms with Crippen LogP contribution >= 0.6 is 24.0 Å². The molecule has 2 aromatic rings. The summed E-state index contributed by atoms with van der Waals surface area (Å²) in [5, 5.41) is 9.38. The third-order valence-electron chi connectivity index (χ3n) is 4.32. The second kappa shape index (κ2) is 13.9. The second-order valence-corrected chi connectivity index (χ2v) is 8.18. The molecular weight excluding hydrogens is 519 g/mol. The molecule has 7 nitrogen and oxygen atoms in total. The smallest absolute Gasteiger partial charge is 0.412 e. The van der Waals surface area contributed by atoms with E-state index in [2.05, 4.69) is 45.2 Å². The molecule has 2 rings (SSSR count). The van der Waals surface area contributed by atoms with E-state index in [1.807, 2.05) is 45.0 Å².